The number of carbonyl (C=O) groups is 2. The zero-order valence-corrected chi connectivity index (χ0v) is 19.5. The Hall–Kier alpha value is -3.86. The lowest BCUT2D eigenvalue weighted by atomic mass is 9.86. The average molecular weight is 456 g/mol. The molecule has 0 amide bonds. The van der Waals surface area contributed by atoms with Crippen molar-refractivity contribution in [2.24, 2.45) is 0 Å². The van der Waals surface area contributed by atoms with Crippen LogP contribution in [0.5, 0.6) is 5.75 Å². The third-order valence-electron chi connectivity index (χ3n) is 6.12. The lowest BCUT2D eigenvalue weighted by molar-refractivity contribution is -0.142. The van der Waals surface area contributed by atoms with Gasteiger partial charge in [-0.05, 0) is 48.6 Å². The van der Waals surface area contributed by atoms with E-state index in [-0.39, 0.29) is 11.8 Å². The van der Waals surface area contributed by atoms with Gasteiger partial charge in [-0.2, -0.15) is 0 Å². The molecular weight excluding hydrogens is 426 g/mol. The first-order chi connectivity index (χ1) is 16.5. The van der Waals surface area contributed by atoms with E-state index in [2.05, 4.69) is 5.32 Å². The zero-order chi connectivity index (χ0) is 23.9. The Morgan fingerprint density at radius 2 is 1.62 bits per heavy atom. The molecule has 4 rings (SSSR count). The molecule has 0 aliphatic heterocycles. The minimum absolute atomic E-state index is 0.0235. The van der Waals surface area contributed by atoms with Crippen molar-refractivity contribution in [2.75, 3.05) is 7.11 Å². The lowest BCUT2D eigenvalue weighted by Gasteiger charge is -2.23. The maximum Gasteiger partial charge on any atom is 0.328 e. The summed E-state index contributed by atoms with van der Waals surface area (Å²) in [5.74, 6) is 0.420. The van der Waals surface area contributed by atoms with Gasteiger partial charge in [0, 0.05) is 23.3 Å². The molecule has 0 aromatic heterocycles. The summed E-state index contributed by atoms with van der Waals surface area (Å²) in [6.07, 6.45) is 1.89. The number of aryl methyl sites for hydroxylation is 1. The van der Waals surface area contributed by atoms with Gasteiger partial charge in [-0.15, -0.1) is 0 Å². The molecule has 0 heterocycles. The highest BCUT2D eigenvalue weighted by molar-refractivity contribution is 6.11. The van der Waals surface area contributed by atoms with Crippen molar-refractivity contribution >= 4 is 11.8 Å². The molecule has 1 aliphatic rings. The molecular formula is C29H29NO4. The molecule has 0 unspecified atom stereocenters. The summed E-state index contributed by atoms with van der Waals surface area (Å²) in [4.78, 5) is 25.5. The van der Waals surface area contributed by atoms with Crippen LogP contribution in [0.1, 0.15) is 40.4 Å². The number of ether oxygens (including phenoxy) is 2. The van der Waals surface area contributed by atoms with Crippen LogP contribution in [0, 0.1) is 0 Å². The maximum atomic E-state index is 13.0. The standard InChI is InChI=1S/C29H29NO4/c1-20(25-17-14-23-10-6-7-11-26(23)28(25)31)30-27(29(32)33-2)18-21-12-15-24(16-13-21)34-19-22-8-4-3-5-9-22/h3-13,15-16,27,30H,14,17-19H2,1-2H3/t27-/m0/s1. The van der Waals surface area contributed by atoms with Crippen molar-refractivity contribution in [3.05, 3.63) is 112 Å². The molecule has 1 atom stereocenters. The quantitative estimate of drug-likeness (QED) is 0.381. The number of esters is 1. The highest BCUT2D eigenvalue weighted by Gasteiger charge is 2.26. The minimum Gasteiger partial charge on any atom is -0.489 e. The predicted octanol–water partition coefficient (Wildman–Crippen LogP) is 5.04. The van der Waals surface area contributed by atoms with E-state index in [0.29, 0.717) is 19.4 Å². The van der Waals surface area contributed by atoms with E-state index in [4.69, 9.17) is 9.47 Å². The summed E-state index contributed by atoms with van der Waals surface area (Å²) in [5, 5.41) is 3.26. The van der Waals surface area contributed by atoms with Crippen molar-refractivity contribution in [3.8, 4) is 5.75 Å². The smallest absolute Gasteiger partial charge is 0.328 e. The molecule has 174 valence electrons. The molecule has 0 spiro atoms. The number of ketones is 1. The fourth-order valence-corrected chi connectivity index (χ4v) is 4.24. The molecule has 1 N–H and O–H groups in total. The molecule has 0 saturated heterocycles. The molecule has 5 heteroatoms. The average Bonchev–Trinajstić information content (AvgIpc) is 2.88. The molecule has 5 nitrogen and oxygen atoms in total. The Morgan fingerprint density at radius 1 is 0.912 bits per heavy atom. The van der Waals surface area contributed by atoms with E-state index in [1.807, 2.05) is 85.8 Å². The lowest BCUT2D eigenvalue weighted by Crippen LogP contribution is -2.39. The van der Waals surface area contributed by atoms with Crippen LogP contribution in [0.15, 0.2) is 90.1 Å². The van der Waals surface area contributed by atoms with Gasteiger partial charge in [-0.25, -0.2) is 4.79 Å². The number of Topliss-reactive ketones (excluding diaryl/α,β-unsaturated/α-hetero) is 1. The van der Waals surface area contributed by atoms with Crippen LogP contribution in [0.2, 0.25) is 0 Å². The van der Waals surface area contributed by atoms with Gasteiger partial charge in [-0.1, -0.05) is 66.7 Å². The van der Waals surface area contributed by atoms with E-state index in [9.17, 15) is 9.59 Å². The summed E-state index contributed by atoms with van der Waals surface area (Å²) >= 11 is 0. The SMILES string of the molecule is COC(=O)[C@H](Cc1ccc(OCc2ccccc2)cc1)NC(C)=C1CCc2ccccc2C1=O. The second kappa shape index (κ2) is 10.8. The predicted molar refractivity (Wildman–Crippen MR) is 132 cm³/mol. The summed E-state index contributed by atoms with van der Waals surface area (Å²) < 4.78 is 10.9. The fraction of sp³-hybridized carbons (Fsp3) is 0.241. The molecule has 3 aromatic carbocycles. The van der Waals surface area contributed by atoms with Gasteiger partial charge in [0.2, 0.25) is 0 Å². The van der Waals surface area contributed by atoms with Gasteiger partial charge in [0.25, 0.3) is 0 Å². The first-order valence-electron chi connectivity index (χ1n) is 11.5. The van der Waals surface area contributed by atoms with E-state index in [1.54, 1.807) is 0 Å². The van der Waals surface area contributed by atoms with Gasteiger partial charge in [0.15, 0.2) is 5.78 Å². The summed E-state index contributed by atoms with van der Waals surface area (Å²) in [6, 6.07) is 24.8. The minimum atomic E-state index is -0.599. The van der Waals surface area contributed by atoms with Crippen LogP contribution < -0.4 is 10.1 Å². The Kier molecular flexibility index (Phi) is 7.43. The molecule has 3 aromatic rings. The number of allylic oxidation sites excluding steroid dienone is 2. The second-order valence-corrected chi connectivity index (χ2v) is 8.43. The summed E-state index contributed by atoms with van der Waals surface area (Å²) in [7, 11) is 1.38. The largest absolute Gasteiger partial charge is 0.489 e. The van der Waals surface area contributed by atoms with E-state index < -0.39 is 6.04 Å². The second-order valence-electron chi connectivity index (χ2n) is 8.43. The molecule has 0 bridgehead atoms. The highest BCUT2D eigenvalue weighted by atomic mass is 16.5. The third kappa shape index (κ3) is 5.54. The van der Waals surface area contributed by atoms with E-state index in [0.717, 1.165) is 45.7 Å². The number of benzene rings is 3. The Morgan fingerprint density at radius 3 is 2.35 bits per heavy atom. The number of rotatable bonds is 8. The van der Waals surface area contributed by atoms with Gasteiger partial charge >= 0.3 is 5.97 Å². The van der Waals surface area contributed by atoms with Gasteiger partial charge in [0.05, 0.1) is 7.11 Å². The van der Waals surface area contributed by atoms with E-state index >= 15 is 0 Å². The maximum absolute atomic E-state index is 13.0. The van der Waals surface area contributed by atoms with Crippen molar-refractivity contribution < 1.29 is 19.1 Å². The van der Waals surface area contributed by atoms with E-state index in [1.165, 1.54) is 7.11 Å². The van der Waals surface area contributed by atoms with Crippen molar-refractivity contribution in [2.45, 2.75) is 38.8 Å². The zero-order valence-electron chi connectivity index (χ0n) is 19.5. The Labute approximate surface area is 200 Å². The van der Waals surface area contributed by atoms with Gasteiger partial charge in [0.1, 0.15) is 18.4 Å². The van der Waals surface area contributed by atoms with Crippen LogP contribution in [-0.4, -0.2) is 24.9 Å². The molecule has 0 saturated carbocycles. The summed E-state index contributed by atoms with van der Waals surface area (Å²) in [5.41, 5.74) is 5.32. The Balaban J connectivity index is 1.44. The molecule has 0 radical (unpaired) electrons. The number of hydrogen-bond acceptors (Lipinski definition) is 5. The van der Waals surface area contributed by atoms with Crippen LogP contribution >= 0.6 is 0 Å². The topological polar surface area (TPSA) is 64.6 Å². The number of fused-ring (bicyclic) bond motifs is 1. The molecule has 34 heavy (non-hydrogen) atoms. The number of methoxy groups -OCH3 is 1. The van der Waals surface area contributed by atoms with Gasteiger partial charge in [-0.3, -0.25) is 4.79 Å². The first kappa shape index (κ1) is 23.3. The van der Waals surface area contributed by atoms with Crippen molar-refractivity contribution in [1.82, 2.24) is 5.32 Å². The van der Waals surface area contributed by atoms with Crippen LogP contribution in [0.4, 0.5) is 0 Å². The first-order valence-corrected chi connectivity index (χ1v) is 11.5. The molecule has 1 aliphatic carbocycles. The van der Waals surface area contributed by atoms with Crippen LogP contribution in [0.3, 0.4) is 0 Å². The van der Waals surface area contributed by atoms with Crippen LogP contribution in [-0.2, 0) is 29.0 Å². The normalized spacial score (nSPS) is 15.2. The fourth-order valence-electron chi connectivity index (χ4n) is 4.24. The summed E-state index contributed by atoms with van der Waals surface area (Å²) in [6.45, 7) is 2.36. The van der Waals surface area contributed by atoms with Crippen LogP contribution in [0.25, 0.3) is 0 Å². The number of nitrogens with one attached hydrogen (secondary N) is 1. The Bertz CT molecular complexity index is 1180. The highest BCUT2D eigenvalue weighted by Crippen LogP contribution is 2.27. The number of carbonyl (C=O) groups excluding carboxylic acids is 2. The monoisotopic (exact) mass is 455 g/mol. The number of hydrogen-bond donors (Lipinski definition) is 1. The van der Waals surface area contributed by atoms with Crippen molar-refractivity contribution in [3.63, 3.8) is 0 Å². The van der Waals surface area contributed by atoms with Crippen molar-refractivity contribution in [1.29, 1.82) is 0 Å². The third-order valence-corrected chi connectivity index (χ3v) is 6.12. The van der Waals surface area contributed by atoms with Gasteiger partial charge < -0.3 is 14.8 Å². The molecule has 0 fully saturated rings.